The third kappa shape index (κ3) is 4.97. The molecule has 1 fully saturated rings. The first-order chi connectivity index (χ1) is 13.6. The smallest absolute Gasteiger partial charge is 0.245 e. The average molecular weight is 379 g/mol. The SMILES string of the molecule is CCCOc1ccc(/C=N/NC(=O)[C@@H]2CC(=O)N(c3ccc(C)cc3)C2)cc1. The van der Waals surface area contributed by atoms with E-state index < -0.39 is 5.92 Å². The molecule has 2 aromatic carbocycles. The highest BCUT2D eigenvalue weighted by molar-refractivity contribution is 6.00. The van der Waals surface area contributed by atoms with E-state index in [9.17, 15) is 9.59 Å². The van der Waals surface area contributed by atoms with Crippen LogP contribution in [0.2, 0.25) is 0 Å². The summed E-state index contributed by atoms with van der Waals surface area (Å²) in [7, 11) is 0. The number of hydrogen-bond acceptors (Lipinski definition) is 4. The minimum absolute atomic E-state index is 0.0457. The molecule has 0 saturated carbocycles. The number of hydrogen-bond donors (Lipinski definition) is 1. The summed E-state index contributed by atoms with van der Waals surface area (Å²) in [4.78, 5) is 26.3. The van der Waals surface area contributed by atoms with Crippen molar-refractivity contribution in [3.05, 3.63) is 59.7 Å². The molecule has 0 aromatic heterocycles. The third-order valence-corrected chi connectivity index (χ3v) is 4.58. The quantitative estimate of drug-likeness (QED) is 0.593. The first kappa shape index (κ1) is 19.6. The lowest BCUT2D eigenvalue weighted by molar-refractivity contribution is -0.126. The number of hydrazone groups is 1. The summed E-state index contributed by atoms with van der Waals surface area (Å²) in [6.45, 7) is 5.10. The normalized spacial score (nSPS) is 16.6. The number of aryl methyl sites for hydroxylation is 1. The Hall–Kier alpha value is -3.15. The summed E-state index contributed by atoms with van der Waals surface area (Å²) in [6, 6.07) is 15.2. The van der Waals surface area contributed by atoms with Gasteiger partial charge >= 0.3 is 0 Å². The predicted octanol–water partition coefficient (Wildman–Crippen LogP) is 3.29. The second-order valence-electron chi connectivity index (χ2n) is 6.89. The zero-order valence-electron chi connectivity index (χ0n) is 16.2. The van der Waals surface area contributed by atoms with Crippen LogP contribution in [0.4, 0.5) is 5.69 Å². The molecule has 1 atom stereocenters. The summed E-state index contributed by atoms with van der Waals surface area (Å²) < 4.78 is 5.53. The van der Waals surface area contributed by atoms with Crippen LogP contribution in [0.3, 0.4) is 0 Å². The minimum atomic E-state index is -0.407. The highest BCUT2D eigenvalue weighted by Gasteiger charge is 2.35. The first-order valence-corrected chi connectivity index (χ1v) is 9.49. The van der Waals surface area contributed by atoms with Crippen LogP contribution < -0.4 is 15.1 Å². The van der Waals surface area contributed by atoms with Crippen molar-refractivity contribution in [3.63, 3.8) is 0 Å². The molecule has 1 saturated heterocycles. The number of carbonyl (C=O) groups is 2. The van der Waals surface area contributed by atoms with Gasteiger partial charge in [-0.2, -0.15) is 5.10 Å². The maximum atomic E-state index is 12.4. The molecule has 3 rings (SSSR count). The molecule has 6 heteroatoms. The summed E-state index contributed by atoms with van der Waals surface area (Å²) in [5.41, 5.74) is 5.35. The molecule has 2 aromatic rings. The lowest BCUT2D eigenvalue weighted by Crippen LogP contribution is -2.30. The molecule has 146 valence electrons. The van der Waals surface area contributed by atoms with Crippen LogP contribution in [0.1, 0.15) is 30.9 Å². The summed E-state index contributed by atoms with van der Waals surface area (Å²) in [5.74, 6) is 0.109. The van der Waals surface area contributed by atoms with Gasteiger partial charge in [-0.05, 0) is 55.3 Å². The van der Waals surface area contributed by atoms with Crippen LogP contribution in [0.15, 0.2) is 53.6 Å². The Morgan fingerprint density at radius 2 is 1.93 bits per heavy atom. The highest BCUT2D eigenvalue weighted by atomic mass is 16.5. The van der Waals surface area contributed by atoms with Gasteiger partial charge in [0.05, 0.1) is 18.7 Å². The van der Waals surface area contributed by atoms with Gasteiger partial charge in [-0.3, -0.25) is 9.59 Å². The van der Waals surface area contributed by atoms with E-state index in [0.717, 1.165) is 29.0 Å². The van der Waals surface area contributed by atoms with Crippen molar-refractivity contribution in [2.45, 2.75) is 26.7 Å². The van der Waals surface area contributed by atoms with E-state index in [1.54, 1.807) is 11.1 Å². The highest BCUT2D eigenvalue weighted by Crippen LogP contribution is 2.25. The van der Waals surface area contributed by atoms with Crippen molar-refractivity contribution in [3.8, 4) is 5.75 Å². The van der Waals surface area contributed by atoms with Gasteiger partial charge in [-0.25, -0.2) is 5.43 Å². The van der Waals surface area contributed by atoms with Crippen LogP contribution in [-0.2, 0) is 9.59 Å². The summed E-state index contributed by atoms with van der Waals surface area (Å²) >= 11 is 0. The fourth-order valence-corrected chi connectivity index (χ4v) is 2.99. The molecule has 1 heterocycles. The van der Waals surface area contributed by atoms with Gasteiger partial charge in [0.2, 0.25) is 11.8 Å². The Morgan fingerprint density at radius 1 is 1.21 bits per heavy atom. The first-order valence-electron chi connectivity index (χ1n) is 9.49. The molecule has 1 N–H and O–H groups in total. The molecule has 0 spiro atoms. The Morgan fingerprint density at radius 3 is 2.61 bits per heavy atom. The Labute approximate surface area is 165 Å². The van der Waals surface area contributed by atoms with Gasteiger partial charge in [-0.15, -0.1) is 0 Å². The average Bonchev–Trinajstić information content (AvgIpc) is 3.09. The standard InChI is InChI=1S/C22H25N3O3/c1-3-12-28-20-10-6-17(7-11-20)14-23-24-22(27)18-13-21(26)25(15-18)19-8-4-16(2)5-9-19/h4-11,14,18H,3,12-13,15H2,1-2H3,(H,24,27)/b23-14+/t18-/m1/s1. The number of carbonyl (C=O) groups excluding carboxylic acids is 2. The fraction of sp³-hybridized carbons (Fsp3) is 0.318. The maximum Gasteiger partial charge on any atom is 0.245 e. The van der Waals surface area contributed by atoms with Crippen LogP contribution >= 0.6 is 0 Å². The van der Waals surface area contributed by atoms with Crippen LogP contribution in [0.5, 0.6) is 5.75 Å². The maximum absolute atomic E-state index is 12.4. The van der Waals surface area contributed by atoms with E-state index in [0.29, 0.717) is 13.2 Å². The monoisotopic (exact) mass is 379 g/mol. The minimum Gasteiger partial charge on any atom is -0.494 e. The zero-order valence-corrected chi connectivity index (χ0v) is 16.2. The van der Waals surface area contributed by atoms with E-state index in [1.165, 1.54) is 0 Å². The molecule has 2 amide bonds. The Bertz CT molecular complexity index is 844. The van der Waals surface area contributed by atoms with Crippen LogP contribution in [-0.4, -0.2) is 31.2 Å². The van der Waals surface area contributed by atoms with E-state index in [2.05, 4.69) is 17.5 Å². The van der Waals surface area contributed by atoms with E-state index in [1.807, 2.05) is 55.5 Å². The Kier molecular flexibility index (Phi) is 6.42. The molecule has 1 aliphatic heterocycles. The number of amides is 2. The van der Waals surface area contributed by atoms with E-state index >= 15 is 0 Å². The summed E-state index contributed by atoms with van der Waals surface area (Å²) in [5, 5.41) is 4.02. The molecule has 0 bridgehead atoms. The van der Waals surface area contributed by atoms with Crippen LogP contribution in [0, 0.1) is 12.8 Å². The zero-order chi connectivity index (χ0) is 19.9. The molecule has 0 unspecified atom stereocenters. The number of nitrogens with zero attached hydrogens (tertiary/aromatic N) is 2. The largest absolute Gasteiger partial charge is 0.494 e. The number of nitrogens with one attached hydrogen (secondary N) is 1. The van der Waals surface area contributed by atoms with Crippen LogP contribution in [0.25, 0.3) is 0 Å². The molecular formula is C22H25N3O3. The lowest BCUT2D eigenvalue weighted by atomic mass is 10.1. The van der Waals surface area contributed by atoms with Crippen molar-refractivity contribution < 1.29 is 14.3 Å². The Balaban J connectivity index is 1.53. The number of rotatable bonds is 7. The molecule has 0 radical (unpaired) electrons. The third-order valence-electron chi connectivity index (χ3n) is 4.58. The molecule has 28 heavy (non-hydrogen) atoms. The predicted molar refractivity (Wildman–Crippen MR) is 110 cm³/mol. The van der Waals surface area contributed by atoms with Crippen molar-refractivity contribution in [2.75, 3.05) is 18.1 Å². The van der Waals surface area contributed by atoms with Gasteiger partial charge in [0.25, 0.3) is 0 Å². The summed E-state index contributed by atoms with van der Waals surface area (Å²) in [6.07, 6.45) is 2.73. The number of benzene rings is 2. The topological polar surface area (TPSA) is 71.0 Å². The van der Waals surface area contributed by atoms with E-state index in [-0.39, 0.29) is 18.2 Å². The van der Waals surface area contributed by atoms with Crippen molar-refractivity contribution in [1.82, 2.24) is 5.43 Å². The van der Waals surface area contributed by atoms with Gasteiger partial charge in [0.1, 0.15) is 5.75 Å². The van der Waals surface area contributed by atoms with Gasteiger partial charge in [-0.1, -0.05) is 24.6 Å². The van der Waals surface area contributed by atoms with Crippen molar-refractivity contribution in [2.24, 2.45) is 11.0 Å². The molecular weight excluding hydrogens is 354 g/mol. The number of anilines is 1. The lowest BCUT2D eigenvalue weighted by Gasteiger charge is -2.16. The fourth-order valence-electron chi connectivity index (χ4n) is 2.99. The van der Waals surface area contributed by atoms with Gasteiger partial charge in [0, 0.05) is 18.7 Å². The second kappa shape index (κ2) is 9.17. The van der Waals surface area contributed by atoms with Crippen molar-refractivity contribution >= 4 is 23.7 Å². The van der Waals surface area contributed by atoms with Gasteiger partial charge in [0.15, 0.2) is 0 Å². The molecule has 6 nitrogen and oxygen atoms in total. The van der Waals surface area contributed by atoms with Gasteiger partial charge < -0.3 is 9.64 Å². The second-order valence-corrected chi connectivity index (χ2v) is 6.89. The number of ether oxygens (including phenoxy) is 1. The van der Waals surface area contributed by atoms with E-state index in [4.69, 9.17) is 4.74 Å². The molecule has 0 aliphatic carbocycles. The molecule has 1 aliphatic rings. The van der Waals surface area contributed by atoms with Crippen molar-refractivity contribution in [1.29, 1.82) is 0 Å².